The third-order valence-electron chi connectivity index (χ3n) is 4.07. The normalized spacial score (nSPS) is 14.2. The molecule has 0 fully saturated rings. The number of hydrogen-bond donors (Lipinski definition) is 0. The van der Waals surface area contributed by atoms with Crippen LogP contribution in [0.2, 0.25) is 0 Å². The van der Waals surface area contributed by atoms with Crippen molar-refractivity contribution >= 4 is 39.5 Å². The standard InChI is InChI=1S/C19H14BrNO5/c1-11(21-17(23)14-4-2-3-5-15(14)18(21)24)19(25)26-10-16(22)12-6-8-13(20)9-7-12/h2-9,11H,10H2,1H3. The van der Waals surface area contributed by atoms with Gasteiger partial charge in [-0.2, -0.15) is 0 Å². The molecular formula is C19H14BrNO5. The molecule has 0 saturated heterocycles. The van der Waals surface area contributed by atoms with E-state index in [0.717, 1.165) is 9.37 Å². The maximum atomic E-state index is 12.4. The van der Waals surface area contributed by atoms with Gasteiger partial charge in [0.15, 0.2) is 12.4 Å². The third kappa shape index (κ3) is 3.30. The van der Waals surface area contributed by atoms with Gasteiger partial charge in [-0.3, -0.25) is 19.3 Å². The first-order chi connectivity index (χ1) is 12.4. The van der Waals surface area contributed by atoms with Gasteiger partial charge in [0.2, 0.25) is 0 Å². The maximum absolute atomic E-state index is 12.4. The van der Waals surface area contributed by atoms with Crippen molar-refractivity contribution in [2.24, 2.45) is 0 Å². The van der Waals surface area contributed by atoms with E-state index in [9.17, 15) is 19.2 Å². The van der Waals surface area contributed by atoms with Crippen LogP contribution in [0.4, 0.5) is 0 Å². The minimum Gasteiger partial charge on any atom is -0.456 e. The topological polar surface area (TPSA) is 80.8 Å². The Balaban J connectivity index is 1.65. The number of carbonyl (C=O) groups excluding carboxylic acids is 4. The van der Waals surface area contributed by atoms with Crippen LogP contribution in [0.25, 0.3) is 0 Å². The van der Waals surface area contributed by atoms with Crippen LogP contribution < -0.4 is 0 Å². The molecule has 1 aliphatic rings. The van der Waals surface area contributed by atoms with Crippen molar-refractivity contribution in [1.29, 1.82) is 0 Å². The van der Waals surface area contributed by atoms with Gasteiger partial charge in [0.25, 0.3) is 11.8 Å². The van der Waals surface area contributed by atoms with Crippen LogP contribution in [0.3, 0.4) is 0 Å². The zero-order chi connectivity index (χ0) is 18.8. The molecule has 0 radical (unpaired) electrons. The van der Waals surface area contributed by atoms with E-state index < -0.39 is 30.4 Å². The second-order valence-corrected chi connectivity index (χ2v) is 6.66. The van der Waals surface area contributed by atoms with E-state index >= 15 is 0 Å². The first-order valence-electron chi connectivity index (χ1n) is 7.82. The number of hydrogen-bond acceptors (Lipinski definition) is 5. The zero-order valence-electron chi connectivity index (χ0n) is 13.8. The molecule has 0 aliphatic carbocycles. The molecule has 1 aliphatic heterocycles. The lowest BCUT2D eigenvalue weighted by Gasteiger charge is -2.20. The lowest BCUT2D eigenvalue weighted by molar-refractivity contribution is -0.146. The molecule has 0 spiro atoms. The number of halogens is 1. The first kappa shape index (κ1) is 18.0. The second kappa shape index (κ2) is 7.21. The number of ketones is 1. The molecule has 1 heterocycles. The molecule has 2 amide bonds. The van der Waals surface area contributed by atoms with Gasteiger partial charge in [0, 0.05) is 10.0 Å². The van der Waals surface area contributed by atoms with Crippen molar-refractivity contribution in [2.45, 2.75) is 13.0 Å². The quantitative estimate of drug-likeness (QED) is 0.426. The van der Waals surface area contributed by atoms with Crippen molar-refractivity contribution in [3.63, 3.8) is 0 Å². The maximum Gasteiger partial charge on any atom is 0.329 e. The molecule has 1 unspecified atom stereocenters. The summed E-state index contributed by atoms with van der Waals surface area (Å²) in [6, 6.07) is 11.9. The number of amides is 2. The molecule has 0 aromatic heterocycles. The highest BCUT2D eigenvalue weighted by molar-refractivity contribution is 9.10. The SMILES string of the molecule is CC(C(=O)OCC(=O)c1ccc(Br)cc1)N1C(=O)c2ccccc2C1=O. The van der Waals surface area contributed by atoms with Gasteiger partial charge in [-0.05, 0) is 31.2 Å². The smallest absolute Gasteiger partial charge is 0.329 e. The van der Waals surface area contributed by atoms with E-state index in [4.69, 9.17) is 4.74 Å². The van der Waals surface area contributed by atoms with Crippen LogP contribution in [0.15, 0.2) is 53.0 Å². The van der Waals surface area contributed by atoms with Crippen molar-refractivity contribution in [3.8, 4) is 0 Å². The number of Topliss-reactive ketones (excluding diaryl/α,β-unsaturated/α-hetero) is 1. The molecule has 0 saturated carbocycles. The number of nitrogens with zero attached hydrogens (tertiary/aromatic N) is 1. The summed E-state index contributed by atoms with van der Waals surface area (Å²) in [5, 5.41) is 0. The molecule has 26 heavy (non-hydrogen) atoms. The number of imide groups is 1. The average molecular weight is 416 g/mol. The lowest BCUT2D eigenvalue weighted by atomic mass is 10.1. The number of fused-ring (bicyclic) bond motifs is 1. The fourth-order valence-corrected chi connectivity index (χ4v) is 2.91. The average Bonchev–Trinajstić information content (AvgIpc) is 2.90. The van der Waals surface area contributed by atoms with E-state index in [2.05, 4.69) is 15.9 Å². The fourth-order valence-electron chi connectivity index (χ4n) is 2.64. The van der Waals surface area contributed by atoms with Gasteiger partial charge in [-0.1, -0.05) is 40.2 Å². The van der Waals surface area contributed by atoms with Gasteiger partial charge >= 0.3 is 5.97 Å². The summed E-state index contributed by atoms with van der Waals surface area (Å²) < 4.78 is 5.84. The Hall–Kier alpha value is -2.80. The number of carbonyl (C=O) groups is 4. The predicted octanol–water partition coefficient (Wildman–Crippen LogP) is 2.86. The monoisotopic (exact) mass is 415 g/mol. The molecule has 2 aromatic carbocycles. The number of benzene rings is 2. The summed E-state index contributed by atoms with van der Waals surface area (Å²) in [6.45, 7) is 0.933. The van der Waals surface area contributed by atoms with Gasteiger partial charge in [-0.25, -0.2) is 4.79 Å². The van der Waals surface area contributed by atoms with Gasteiger partial charge in [0.05, 0.1) is 11.1 Å². The Labute approximate surface area is 157 Å². The van der Waals surface area contributed by atoms with Gasteiger partial charge in [-0.15, -0.1) is 0 Å². The van der Waals surface area contributed by atoms with Gasteiger partial charge in [0.1, 0.15) is 6.04 Å². The number of rotatable bonds is 5. The lowest BCUT2D eigenvalue weighted by Crippen LogP contribution is -2.44. The van der Waals surface area contributed by atoms with Crippen LogP contribution in [-0.4, -0.2) is 41.1 Å². The van der Waals surface area contributed by atoms with Crippen LogP contribution in [0.5, 0.6) is 0 Å². The van der Waals surface area contributed by atoms with E-state index in [0.29, 0.717) is 5.56 Å². The summed E-state index contributed by atoms with van der Waals surface area (Å²) >= 11 is 3.27. The molecule has 1 atom stereocenters. The Morgan fingerprint density at radius 3 is 2.08 bits per heavy atom. The molecule has 2 aromatic rings. The molecule has 3 rings (SSSR count). The molecule has 0 N–H and O–H groups in total. The van der Waals surface area contributed by atoms with Crippen molar-refractivity contribution in [1.82, 2.24) is 4.90 Å². The predicted molar refractivity (Wildman–Crippen MR) is 95.8 cm³/mol. The van der Waals surface area contributed by atoms with Crippen molar-refractivity contribution < 1.29 is 23.9 Å². The van der Waals surface area contributed by atoms with Gasteiger partial charge < -0.3 is 4.74 Å². The molecular weight excluding hydrogens is 402 g/mol. The zero-order valence-corrected chi connectivity index (χ0v) is 15.4. The summed E-state index contributed by atoms with van der Waals surface area (Å²) in [5.74, 6) is -2.28. The number of ether oxygens (including phenoxy) is 1. The second-order valence-electron chi connectivity index (χ2n) is 5.74. The van der Waals surface area contributed by atoms with Crippen LogP contribution >= 0.6 is 15.9 Å². The minimum atomic E-state index is -1.12. The Morgan fingerprint density at radius 1 is 1.00 bits per heavy atom. The van der Waals surface area contributed by atoms with E-state index in [1.807, 2.05) is 0 Å². The van der Waals surface area contributed by atoms with Crippen LogP contribution in [-0.2, 0) is 9.53 Å². The van der Waals surface area contributed by atoms with E-state index in [-0.39, 0.29) is 16.9 Å². The summed E-state index contributed by atoms with van der Waals surface area (Å²) in [5.41, 5.74) is 0.903. The Kier molecular flexibility index (Phi) is 4.99. The van der Waals surface area contributed by atoms with Crippen molar-refractivity contribution in [3.05, 3.63) is 69.7 Å². The summed E-state index contributed by atoms with van der Waals surface area (Å²) in [7, 11) is 0. The van der Waals surface area contributed by atoms with E-state index in [1.54, 1.807) is 36.4 Å². The Bertz CT molecular complexity index is 871. The summed E-state index contributed by atoms with van der Waals surface area (Å²) in [4.78, 5) is 49.9. The van der Waals surface area contributed by atoms with Crippen molar-refractivity contribution in [2.75, 3.05) is 6.61 Å². The highest BCUT2D eigenvalue weighted by atomic mass is 79.9. The first-order valence-corrected chi connectivity index (χ1v) is 8.61. The minimum absolute atomic E-state index is 0.253. The fraction of sp³-hybridized carbons (Fsp3) is 0.158. The van der Waals surface area contributed by atoms with E-state index in [1.165, 1.54) is 19.1 Å². The third-order valence-corrected chi connectivity index (χ3v) is 4.59. The van der Waals surface area contributed by atoms with Crippen LogP contribution in [0, 0.1) is 0 Å². The largest absolute Gasteiger partial charge is 0.456 e. The molecule has 7 heteroatoms. The molecule has 0 bridgehead atoms. The summed E-state index contributed by atoms with van der Waals surface area (Å²) in [6.07, 6.45) is 0. The highest BCUT2D eigenvalue weighted by Crippen LogP contribution is 2.24. The molecule has 6 nitrogen and oxygen atoms in total. The Morgan fingerprint density at radius 2 is 1.54 bits per heavy atom. The number of esters is 1. The highest BCUT2D eigenvalue weighted by Gasteiger charge is 2.41. The van der Waals surface area contributed by atoms with Crippen LogP contribution in [0.1, 0.15) is 38.0 Å². The molecule has 132 valence electrons.